The van der Waals surface area contributed by atoms with E-state index in [0.717, 1.165) is 0 Å². The molecule has 0 radical (unpaired) electrons. The molecule has 20 heavy (non-hydrogen) atoms. The van der Waals surface area contributed by atoms with E-state index in [1.54, 1.807) is 17.3 Å². The maximum absolute atomic E-state index is 11.8. The van der Waals surface area contributed by atoms with Crippen LogP contribution >= 0.6 is 27.5 Å². The monoisotopic (exact) mass is 362 g/mol. The Morgan fingerprint density at radius 2 is 2.10 bits per heavy atom. The number of carbonyl (C=O) groups is 1. The van der Waals surface area contributed by atoms with Crippen molar-refractivity contribution in [3.8, 4) is 5.75 Å². The van der Waals surface area contributed by atoms with Crippen molar-refractivity contribution < 1.29 is 14.3 Å². The Bertz CT molecular complexity index is 513. The summed E-state index contributed by atoms with van der Waals surface area (Å²) in [5, 5.41) is 0.482. The number of hydrogen-bond donors (Lipinski definition) is 0. The molecule has 0 bridgehead atoms. The van der Waals surface area contributed by atoms with Crippen molar-refractivity contribution in [2.24, 2.45) is 0 Å². The van der Waals surface area contributed by atoms with Gasteiger partial charge in [-0.05, 0) is 36.7 Å². The number of nitrogens with zero attached hydrogens (tertiary/aromatic N) is 2. The van der Waals surface area contributed by atoms with Crippen molar-refractivity contribution in [1.29, 1.82) is 0 Å². The Hall–Kier alpha value is -1.01. The van der Waals surface area contributed by atoms with Gasteiger partial charge in [0.1, 0.15) is 11.7 Å². The van der Waals surface area contributed by atoms with E-state index in [4.69, 9.17) is 21.1 Å². The number of rotatable bonds is 2. The lowest BCUT2D eigenvalue weighted by Gasteiger charge is -2.39. The second-order valence-electron chi connectivity index (χ2n) is 5.56. The summed E-state index contributed by atoms with van der Waals surface area (Å²) in [6, 6.07) is 0. The lowest BCUT2D eigenvalue weighted by molar-refractivity contribution is -0.0222. The average Bonchev–Trinajstić information content (AvgIpc) is 2.25. The van der Waals surface area contributed by atoms with Crippen molar-refractivity contribution in [2.75, 3.05) is 13.1 Å². The Labute approximate surface area is 131 Å². The minimum Gasteiger partial charge on any atom is -0.483 e. The zero-order valence-corrected chi connectivity index (χ0v) is 13.9. The van der Waals surface area contributed by atoms with Gasteiger partial charge >= 0.3 is 6.09 Å². The van der Waals surface area contributed by atoms with E-state index in [1.807, 2.05) is 20.8 Å². The van der Waals surface area contributed by atoms with Crippen LogP contribution in [0.3, 0.4) is 0 Å². The summed E-state index contributed by atoms with van der Waals surface area (Å²) in [6.45, 7) is 6.48. The fourth-order valence-electron chi connectivity index (χ4n) is 1.65. The Balaban J connectivity index is 1.85. The molecule has 1 aliphatic heterocycles. The molecule has 0 atom stereocenters. The van der Waals surface area contributed by atoms with Crippen molar-refractivity contribution in [3.63, 3.8) is 0 Å². The molecule has 1 saturated heterocycles. The van der Waals surface area contributed by atoms with E-state index < -0.39 is 5.60 Å². The van der Waals surface area contributed by atoms with E-state index in [1.165, 1.54) is 0 Å². The number of hydrogen-bond acceptors (Lipinski definition) is 4. The van der Waals surface area contributed by atoms with Gasteiger partial charge in [-0.15, -0.1) is 0 Å². The van der Waals surface area contributed by atoms with Crippen LogP contribution in [-0.4, -0.2) is 40.8 Å². The van der Waals surface area contributed by atoms with Gasteiger partial charge in [-0.25, -0.2) is 4.79 Å². The van der Waals surface area contributed by atoms with Gasteiger partial charge < -0.3 is 14.4 Å². The zero-order valence-electron chi connectivity index (χ0n) is 11.5. The molecule has 0 unspecified atom stereocenters. The van der Waals surface area contributed by atoms with Gasteiger partial charge in [0.05, 0.1) is 28.8 Å². The van der Waals surface area contributed by atoms with Crippen LogP contribution in [0, 0.1) is 0 Å². The van der Waals surface area contributed by atoms with Gasteiger partial charge in [-0.2, -0.15) is 0 Å². The van der Waals surface area contributed by atoms with Crippen LogP contribution in [0.15, 0.2) is 16.9 Å². The maximum Gasteiger partial charge on any atom is 0.410 e. The SMILES string of the molecule is CC(C)(C)OC(=O)N1CC(Oc2cncc(Br)c2Cl)C1. The first-order valence-electron chi connectivity index (χ1n) is 6.20. The summed E-state index contributed by atoms with van der Waals surface area (Å²) in [7, 11) is 0. The van der Waals surface area contributed by atoms with Crippen LogP contribution in [0.25, 0.3) is 0 Å². The first-order chi connectivity index (χ1) is 9.26. The van der Waals surface area contributed by atoms with Crippen molar-refractivity contribution in [1.82, 2.24) is 9.88 Å². The van der Waals surface area contributed by atoms with Gasteiger partial charge in [0.25, 0.3) is 0 Å². The van der Waals surface area contributed by atoms with Gasteiger partial charge in [0, 0.05) is 6.20 Å². The second-order valence-corrected chi connectivity index (χ2v) is 6.79. The van der Waals surface area contributed by atoms with Gasteiger partial charge in [-0.3, -0.25) is 4.98 Å². The maximum atomic E-state index is 11.8. The lowest BCUT2D eigenvalue weighted by atomic mass is 10.1. The summed E-state index contributed by atoms with van der Waals surface area (Å²) in [6.07, 6.45) is 2.75. The summed E-state index contributed by atoms with van der Waals surface area (Å²) >= 11 is 9.37. The molecule has 1 fully saturated rings. The number of aromatic nitrogens is 1. The minimum atomic E-state index is -0.486. The molecule has 1 amide bonds. The summed E-state index contributed by atoms with van der Waals surface area (Å²) in [5.41, 5.74) is -0.486. The van der Waals surface area contributed by atoms with Crippen molar-refractivity contribution in [3.05, 3.63) is 21.9 Å². The second kappa shape index (κ2) is 5.77. The van der Waals surface area contributed by atoms with Crippen LogP contribution in [0.5, 0.6) is 5.75 Å². The number of halogens is 2. The number of pyridine rings is 1. The number of amides is 1. The van der Waals surface area contributed by atoms with E-state index in [-0.39, 0.29) is 12.2 Å². The summed E-state index contributed by atoms with van der Waals surface area (Å²) in [5.74, 6) is 0.509. The van der Waals surface area contributed by atoms with E-state index in [2.05, 4.69) is 20.9 Å². The van der Waals surface area contributed by atoms with Crippen LogP contribution in [0.1, 0.15) is 20.8 Å². The lowest BCUT2D eigenvalue weighted by Crippen LogP contribution is -2.57. The highest BCUT2D eigenvalue weighted by atomic mass is 79.9. The molecule has 0 N–H and O–H groups in total. The number of likely N-dealkylation sites (tertiary alicyclic amines) is 1. The smallest absolute Gasteiger partial charge is 0.410 e. The van der Waals surface area contributed by atoms with Gasteiger partial charge in [-0.1, -0.05) is 11.6 Å². The molecular weight excluding hydrogens is 348 g/mol. The molecule has 7 heteroatoms. The van der Waals surface area contributed by atoms with Crippen molar-refractivity contribution in [2.45, 2.75) is 32.5 Å². The third-order valence-electron chi connectivity index (χ3n) is 2.60. The van der Waals surface area contributed by atoms with Crippen LogP contribution in [0.2, 0.25) is 5.02 Å². The highest BCUT2D eigenvalue weighted by molar-refractivity contribution is 9.10. The molecule has 5 nitrogen and oxygen atoms in total. The molecule has 0 aromatic carbocycles. The highest BCUT2D eigenvalue weighted by Crippen LogP contribution is 2.32. The van der Waals surface area contributed by atoms with Gasteiger partial charge in [0.15, 0.2) is 5.75 Å². The Kier molecular flexibility index (Phi) is 4.44. The zero-order chi connectivity index (χ0) is 14.9. The van der Waals surface area contributed by atoms with Crippen LogP contribution in [-0.2, 0) is 4.74 Å². The Morgan fingerprint density at radius 1 is 1.45 bits per heavy atom. The van der Waals surface area contributed by atoms with E-state index >= 15 is 0 Å². The van der Waals surface area contributed by atoms with E-state index in [9.17, 15) is 4.79 Å². The molecule has 2 heterocycles. The molecule has 1 aliphatic rings. The number of carbonyl (C=O) groups excluding carboxylic acids is 1. The molecular formula is C13H16BrClN2O3. The fourth-order valence-corrected chi connectivity index (χ4v) is 2.11. The molecule has 0 saturated carbocycles. The molecule has 0 aliphatic carbocycles. The van der Waals surface area contributed by atoms with E-state index in [0.29, 0.717) is 28.3 Å². The molecule has 2 rings (SSSR count). The number of ether oxygens (including phenoxy) is 2. The standard InChI is InChI=1S/C13H16BrClN2O3/c1-13(2,3)20-12(18)17-6-8(7-17)19-10-5-16-4-9(14)11(10)15/h4-5,8H,6-7H2,1-3H3. The minimum absolute atomic E-state index is 0.0869. The molecule has 1 aromatic heterocycles. The Morgan fingerprint density at radius 3 is 2.70 bits per heavy atom. The predicted molar refractivity (Wildman–Crippen MR) is 79.2 cm³/mol. The first kappa shape index (κ1) is 15.4. The fraction of sp³-hybridized carbons (Fsp3) is 0.538. The van der Waals surface area contributed by atoms with Crippen LogP contribution < -0.4 is 4.74 Å². The van der Waals surface area contributed by atoms with Crippen molar-refractivity contribution >= 4 is 33.6 Å². The summed E-state index contributed by atoms with van der Waals surface area (Å²) < 4.78 is 11.6. The molecule has 0 spiro atoms. The molecule has 110 valence electrons. The topological polar surface area (TPSA) is 51.7 Å². The largest absolute Gasteiger partial charge is 0.483 e. The predicted octanol–water partition coefficient (Wildman–Crippen LogP) is 3.50. The van der Waals surface area contributed by atoms with Crippen LogP contribution in [0.4, 0.5) is 4.79 Å². The average molecular weight is 364 g/mol. The highest BCUT2D eigenvalue weighted by Gasteiger charge is 2.35. The first-order valence-corrected chi connectivity index (χ1v) is 7.37. The quantitative estimate of drug-likeness (QED) is 0.807. The summed E-state index contributed by atoms with van der Waals surface area (Å²) in [4.78, 5) is 17.4. The normalized spacial score (nSPS) is 15.8. The third-order valence-corrected chi connectivity index (χ3v) is 3.82. The molecule has 1 aromatic rings. The third kappa shape index (κ3) is 3.76. The van der Waals surface area contributed by atoms with Gasteiger partial charge in [0.2, 0.25) is 0 Å².